The number of rotatable bonds is 4. The van der Waals surface area contributed by atoms with Crippen molar-refractivity contribution in [2.75, 3.05) is 12.8 Å². The second-order valence-corrected chi connectivity index (χ2v) is 4.24. The molecule has 2 rings (SSSR count). The number of anilines is 1. The molecular weight excluding hydrogens is 272 g/mol. The average molecular weight is 286 g/mol. The highest BCUT2D eigenvalue weighted by Crippen LogP contribution is 2.28. The molecule has 108 valence electrons. The zero-order valence-corrected chi connectivity index (χ0v) is 11.3. The molecule has 0 heterocycles. The summed E-state index contributed by atoms with van der Waals surface area (Å²) in [4.78, 5) is 22.9. The van der Waals surface area contributed by atoms with Crippen LogP contribution in [0.2, 0.25) is 0 Å². The number of nitrogen functional groups attached to an aromatic ring is 1. The zero-order valence-electron chi connectivity index (χ0n) is 11.3. The number of benzene rings is 2. The van der Waals surface area contributed by atoms with Crippen molar-refractivity contribution in [2.24, 2.45) is 5.73 Å². The van der Waals surface area contributed by atoms with Gasteiger partial charge in [0.2, 0.25) is 5.91 Å². The molecule has 0 aliphatic carbocycles. The van der Waals surface area contributed by atoms with Crippen LogP contribution in [0, 0.1) is 0 Å². The highest BCUT2D eigenvalue weighted by molar-refractivity contribution is 5.94. The third kappa shape index (κ3) is 3.30. The average Bonchev–Trinajstić information content (AvgIpc) is 2.48. The van der Waals surface area contributed by atoms with Gasteiger partial charge in [-0.1, -0.05) is 6.07 Å². The molecule has 0 atom stereocenters. The Hall–Kier alpha value is -3.02. The normalized spacial score (nSPS) is 9.95. The van der Waals surface area contributed by atoms with E-state index in [1.54, 1.807) is 30.3 Å². The first kappa shape index (κ1) is 14.4. The third-order valence-electron chi connectivity index (χ3n) is 2.76. The van der Waals surface area contributed by atoms with Crippen LogP contribution in [0.25, 0.3) is 0 Å². The van der Waals surface area contributed by atoms with Gasteiger partial charge in [0.1, 0.15) is 17.1 Å². The number of hydrogen-bond donors (Lipinski definition) is 2. The Morgan fingerprint density at radius 2 is 1.86 bits per heavy atom. The smallest absolute Gasteiger partial charge is 0.341 e. The first-order valence-electron chi connectivity index (χ1n) is 6.07. The summed E-state index contributed by atoms with van der Waals surface area (Å²) in [5.41, 5.74) is 11.8. The van der Waals surface area contributed by atoms with Crippen molar-refractivity contribution in [3.63, 3.8) is 0 Å². The molecule has 0 saturated heterocycles. The van der Waals surface area contributed by atoms with E-state index < -0.39 is 11.9 Å². The van der Waals surface area contributed by atoms with Gasteiger partial charge in [0.15, 0.2) is 0 Å². The fourth-order valence-electron chi connectivity index (χ4n) is 1.75. The lowest BCUT2D eigenvalue weighted by molar-refractivity contribution is 0.0597. The van der Waals surface area contributed by atoms with Gasteiger partial charge < -0.3 is 20.9 Å². The molecule has 4 N–H and O–H groups in total. The lowest BCUT2D eigenvalue weighted by atomic mass is 10.1. The summed E-state index contributed by atoms with van der Waals surface area (Å²) < 4.78 is 10.3. The Bertz CT molecular complexity index is 698. The van der Waals surface area contributed by atoms with E-state index in [4.69, 9.17) is 16.2 Å². The van der Waals surface area contributed by atoms with Gasteiger partial charge in [0.25, 0.3) is 0 Å². The van der Waals surface area contributed by atoms with Crippen molar-refractivity contribution in [2.45, 2.75) is 0 Å². The van der Waals surface area contributed by atoms with Crippen LogP contribution in [0.15, 0.2) is 42.5 Å². The largest absolute Gasteiger partial charge is 0.465 e. The quantitative estimate of drug-likeness (QED) is 0.660. The van der Waals surface area contributed by atoms with Crippen LogP contribution in [0.1, 0.15) is 20.7 Å². The second kappa shape index (κ2) is 5.96. The lowest BCUT2D eigenvalue weighted by Crippen LogP contribution is -2.10. The van der Waals surface area contributed by atoms with Gasteiger partial charge in [-0.15, -0.1) is 0 Å². The maximum Gasteiger partial charge on any atom is 0.341 e. The highest BCUT2D eigenvalue weighted by atomic mass is 16.5. The minimum absolute atomic E-state index is 0.196. The van der Waals surface area contributed by atoms with E-state index in [1.165, 1.54) is 19.2 Å². The number of carbonyl (C=O) groups is 2. The molecular formula is C15H14N2O4. The number of ether oxygens (including phenoxy) is 2. The molecule has 21 heavy (non-hydrogen) atoms. The van der Waals surface area contributed by atoms with Crippen molar-refractivity contribution in [1.29, 1.82) is 0 Å². The van der Waals surface area contributed by atoms with Crippen LogP contribution in [-0.4, -0.2) is 19.0 Å². The maximum atomic E-state index is 11.7. The lowest BCUT2D eigenvalue weighted by Gasteiger charge is -2.11. The SMILES string of the molecule is COC(=O)c1cc(N)ccc1Oc1cccc(C(N)=O)c1. The van der Waals surface area contributed by atoms with Crippen LogP contribution >= 0.6 is 0 Å². The topological polar surface area (TPSA) is 105 Å². The molecule has 6 heteroatoms. The molecule has 0 spiro atoms. The molecule has 0 aromatic heterocycles. The van der Waals surface area contributed by atoms with Gasteiger partial charge in [-0.2, -0.15) is 0 Å². The van der Waals surface area contributed by atoms with E-state index in [-0.39, 0.29) is 11.3 Å². The Morgan fingerprint density at radius 3 is 2.52 bits per heavy atom. The van der Waals surface area contributed by atoms with Gasteiger partial charge in [-0.3, -0.25) is 4.79 Å². The number of nitrogens with two attached hydrogens (primary N) is 2. The summed E-state index contributed by atoms with van der Waals surface area (Å²) in [6.45, 7) is 0. The van der Waals surface area contributed by atoms with Crippen LogP contribution in [-0.2, 0) is 4.74 Å². The molecule has 2 aromatic rings. The van der Waals surface area contributed by atoms with Gasteiger partial charge in [0.05, 0.1) is 7.11 Å². The van der Waals surface area contributed by atoms with Gasteiger partial charge in [-0.25, -0.2) is 4.79 Å². The Labute approximate surface area is 121 Å². The van der Waals surface area contributed by atoms with Crippen molar-refractivity contribution in [1.82, 2.24) is 0 Å². The van der Waals surface area contributed by atoms with Crippen molar-refractivity contribution in [3.8, 4) is 11.5 Å². The summed E-state index contributed by atoms with van der Waals surface area (Å²) in [5.74, 6) is -0.479. The number of esters is 1. The monoisotopic (exact) mass is 286 g/mol. The van der Waals surface area contributed by atoms with E-state index in [9.17, 15) is 9.59 Å². The summed E-state index contributed by atoms with van der Waals surface area (Å²) in [6, 6.07) is 10.9. The van der Waals surface area contributed by atoms with Crippen molar-refractivity contribution < 1.29 is 19.1 Å². The molecule has 0 unspecified atom stereocenters. The van der Waals surface area contributed by atoms with Gasteiger partial charge >= 0.3 is 5.97 Å². The molecule has 0 radical (unpaired) electrons. The molecule has 0 aliphatic rings. The van der Waals surface area contributed by atoms with E-state index in [0.717, 1.165) is 0 Å². The number of amides is 1. The Balaban J connectivity index is 2.37. The van der Waals surface area contributed by atoms with Crippen LogP contribution < -0.4 is 16.2 Å². The standard InChI is InChI=1S/C15H14N2O4/c1-20-15(19)12-8-10(16)5-6-13(12)21-11-4-2-3-9(7-11)14(17)18/h2-8H,16H2,1H3,(H2,17,18). The number of hydrogen-bond acceptors (Lipinski definition) is 5. The first-order valence-corrected chi connectivity index (χ1v) is 6.07. The fourth-order valence-corrected chi connectivity index (χ4v) is 1.75. The van der Waals surface area contributed by atoms with Crippen molar-refractivity contribution >= 4 is 17.6 Å². The Kier molecular flexibility index (Phi) is 4.08. The van der Waals surface area contributed by atoms with E-state index in [2.05, 4.69) is 4.74 Å². The first-order chi connectivity index (χ1) is 10.0. The number of carbonyl (C=O) groups excluding carboxylic acids is 2. The third-order valence-corrected chi connectivity index (χ3v) is 2.76. The molecule has 0 saturated carbocycles. The minimum Gasteiger partial charge on any atom is -0.465 e. The number of primary amides is 1. The molecule has 0 fully saturated rings. The second-order valence-electron chi connectivity index (χ2n) is 4.24. The van der Waals surface area contributed by atoms with E-state index >= 15 is 0 Å². The molecule has 0 aliphatic heterocycles. The fraction of sp³-hybridized carbons (Fsp3) is 0.0667. The minimum atomic E-state index is -0.566. The summed E-state index contributed by atoms with van der Waals surface area (Å²) in [7, 11) is 1.27. The predicted molar refractivity (Wildman–Crippen MR) is 77.2 cm³/mol. The molecule has 1 amide bonds. The van der Waals surface area contributed by atoms with Crippen LogP contribution in [0.4, 0.5) is 5.69 Å². The molecule has 6 nitrogen and oxygen atoms in total. The highest BCUT2D eigenvalue weighted by Gasteiger charge is 2.14. The van der Waals surface area contributed by atoms with Gasteiger partial charge in [0, 0.05) is 11.3 Å². The Morgan fingerprint density at radius 1 is 1.10 bits per heavy atom. The predicted octanol–water partition coefficient (Wildman–Crippen LogP) is 1.95. The van der Waals surface area contributed by atoms with E-state index in [1.807, 2.05) is 0 Å². The summed E-state index contributed by atoms with van der Waals surface area (Å²) >= 11 is 0. The van der Waals surface area contributed by atoms with E-state index in [0.29, 0.717) is 17.0 Å². The van der Waals surface area contributed by atoms with Crippen molar-refractivity contribution in [3.05, 3.63) is 53.6 Å². The summed E-state index contributed by atoms with van der Waals surface area (Å²) in [6.07, 6.45) is 0. The zero-order chi connectivity index (χ0) is 15.4. The maximum absolute atomic E-state index is 11.7. The van der Waals surface area contributed by atoms with Gasteiger partial charge in [-0.05, 0) is 36.4 Å². The molecule has 2 aromatic carbocycles. The van der Waals surface area contributed by atoms with Crippen LogP contribution in [0.3, 0.4) is 0 Å². The van der Waals surface area contributed by atoms with Crippen LogP contribution in [0.5, 0.6) is 11.5 Å². The number of methoxy groups -OCH3 is 1. The molecule has 0 bridgehead atoms. The summed E-state index contributed by atoms with van der Waals surface area (Å²) in [5, 5.41) is 0.